The fraction of sp³-hybridized carbons (Fsp3) is 0.391. The molecule has 1 aliphatic carbocycles. The van der Waals surface area contributed by atoms with Crippen LogP contribution in [0.25, 0.3) is 0 Å². The second-order valence-corrected chi connectivity index (χ2v) is 8.98. The second kappa shape index (κ2) is 7.08. The average molecular weight is 418 g/mol. The Morgan fingerprint density at radius 2 is 1.87 bits per heavy atom. The number of fused-ring (bicyclic) bond motifs is 1. The van der Waals surface area contributed by atoms with Crippen molar-refractivity contribution in [1.29, 1.82) is 0 Å². The fourth-order valence-electron chi connectivity index (χ4n) is 4.49. The number of hydrogen-bond donors (Lipinski definition) is 3. The van der Waals surface area contributed by atoms with E-state index in [-0.39, 0.29) is 12.1 Å². The third-order valence-corrected chi connectivity index (χ3v) is 6.25. The van der Waals surface area contributed by atoms with Crippen molar-refractivity contribution in [2.45, 2.75) is 58.2 Å². The molecule has 0 spiro atoms. The molecule has 1 aromatic carbocycles. The van der Waals surface area contributed by atoms with Crippen molar-refractivity contribution in [3.63, 3.8) is 0 Å². The second-order valence-electron chi connectivity index (χ2n) is 8.98. The quantitative estimate of drug-likeness (QED) is 0.598. The van der Waals surface area contributed by atoms with Gasteiger partial charge in [0.25, 0.3) is 0 Å². The molecular formula is C23H27N7O. The van der Waals surface area contributed by atoms with E-state index in [0.717, 1.165) is 29.1 Å². The van der Waals surface area contributed by atoms with Gasteiger partial charge < -0.3 is 15.5 Å². The first-order chi connectivity index (χ1) is 14.8. The van der Waals surface area contributed by atoms with E-state index in [4.69, 9.17) is 0 Å². The number of hydrogen-bond acceptors (Lipinski definition) is 5. The number of urea groups is 1. The predicted molar refractivity (Wildman–Crippen MR) is 118 cm³/mol. The number of carbonyl (C=O) groups excluding carboxylic acids is 1. The van der Waals surface area contributed by atoms with E-state index in [1.54, 1.807) is 0 Å². The minimum Gasteiger partial charge on any atom is -0.335 e. The van der Waals surface area contributed by atoms with Crippen LogP contribution in [-0.4, -0.2) is 37.1 Å². The highest BCUT2D eigenvalue weighted by Crippen LogP contribution is 2.43. The van der Waals surface area contributed by atoms with Crippen LogP contribution in [0.2, 0.25) is 0 Å². The van der Waals surface area contributed by atoms with Crippen LogP contribution in [0.5, 0.6) is 0 Å². The molecule has 8 nitrogen and oxygen atoms in total. The Bertz CT molecular complexity index is 1120. The van der Waals surface area contributed by atoms with Crippen LogP contribution in [0, 0.1) is 13.8 Å². The molecule has 1 unspecified atom stereocenters. The summed E-state index contributed by atoms with van der Waals surface area (Å²) in [6.07, 6.45) is 0.980. The SMILES string of the molecule is Cc1cc(C)nc(Nc2n[nH]c3c2CN(C(=O)NC2C[C@@H]2c2ccccc2)C3(C)C)n1. The van der Waals surface area contributed by atoms with E-state index in [2.05, 4.69) is 42.9 Å². The van der Waals surface area contributed by atoms with Gasteiger partial charge in [-0.2, -0.15) is 5.10 Å². The van der Waals surface area contributed by atoms with Crippen LogP contribution in [0.3, 0.4) is 0 Å². The molecular weight excluding hydrogens is 390 g/mol. The van der Waals surface area contributed by atoms with Gasteiger partial charge in [0.05, 0.1) is 17.8 Å². The van der Waals surface area contributed by atoms with Crippen molar-refractivity contribution < 1.29 is 4.79 Å². The zero-order valence-corrected chi connectivity index (χ0v) is 18.2. The molecule has 1 saturated carbocycles. The van der Waals surface area contributed by atoms with Gasteiger partial charge in [-0.15, -0.1) is 0 Å². The first kappa shape index (κ1) is 19.5. The molecule has 160 valence electrons. The van der Waals surface area contributed by atoms with Gasteiger partial charge >= 0.3 is 6.03 Å². The standard InChI is InChI=1S/C23H27N7O/c1-13-10-14(2)25-21(24-13)27-20-17-12-30(23(3,4)19(17)28-29-20)22(31)26-18-11-16(18)15-8-6-5-7-9-15/h5-10,16,18H,11-12H2,1-4H3,(H,26,31)(H2,24,25,27,28,29)/t16-,18?/m1/s1. The summed E-state index contributed by atoms with van der Waals surface area (Å²) < 4.78 is 0. The highest BCUT2D eigenvalue weighted by molar-refractivity contribution is 5.78. The molecule has 2 amide bonds. The van der Waals surface area contributed by atoms with Crippen LogP contribution in [0.4, 0.5) is 16.6 Å². The van der Waals surface area contributed by atoms with Crippen molar-refractivity contribution in [1.82, 2.24) is 30.4 Å². The van der Waals surface area contributed by atoms with Gasteiger partial charge in [0.2, 0.25) is 5.95 Å². The van der Waals surface area contributed by atoms with E-state index in [1.807, 2.05) is 56.9 Å². The maximum Gasteiger partial charge on any atom is 0.318 e. The molecule has 0 bridgehead atoms. The Morgan fingerprint density at radius 3 is 2.58 bits per heavy atom. The molecule has 8 heteroatoms. The van der Waals surface area contributed by atoms with Gasteiger partial charge in [0, 0.05) is 28.9 Å². The van der Waals surface area contributed by atoms with Gasteiger partial charge in [0.1, 0.15) is 0 Å². The number of carbonyl (C=O) groups is 1. The van der Waals surface area contributed by atoms with Gasteiger partial charge in [-0.3, -0.25) is 5.10 Å². The molecule has 0 saturated heterocycles. The molecule has 5 rings (SSSR count). The van der Waals surface area contributed by atoms with E-state index in [9.17, 15) is 4.79 Å². The molecule has 2 atom stereocenters. The number of amides is 2. The number of anilines is 2. The van der Waals surface area contributed by atoms with E-state index < -0.39 is 5.54 Å². The summed E-state index contributed by atoms with van der Waals surface area (Å²) in [5, 5.41) is 14.0. The lowest BCUT2D eigenvalue weighted by molar-refractivity contribution is 0.142. The predicted octanol–water partition coefficient (Wildman–Crippen LogP) is 3.88. The zero-order valence-electron chi connectivity index (χ0n) is 18.2. The monoisotopic (exact) mass is 417 g/mol. The van der Waals surface area contributed by atoms with Crippen LogP contribution in [0.1, 0.15) is 54.4 Å². The number of nitrogens with zero attached hydrogens (tertiary/aromatic N) is 4. The summed E-state index contributed by atoms with van der Waals surface area (Å²) in [5.41, 5.74) is 4.47. The Labute approximate surface area is 181 Å². The maximum absolute atomic E-state index is 13.1. The van der Waals surface area contributed by atoms with E-state index in [0.29, 0.717) is 24.2 Å². The molecule has 0 radical (unpaired) electrons. The van der Waals surface area contributed by atoms with Crippen LogP contribution < -0.4 is 10.6 Å². The molecule has 31 heavy (non-hydrogen) atoms. The van der Waals surface area contributed by atoms with Gasteiger partial charge in [-0.05, 0) is 45.7 Å². The maximum atomic E-state index is 13.1. The lowest BCUT2D eigenvalue weighted by Gasteiger charge is -2.32. The van der Waals surface area contributed by atoms with Crippen LogP contribution in [0.15, 0.2) is 36.4 Å². The summed E-state index contributed by atoms with van der Waals surface area (Å²) in [7, 11) is 0. The third-order valence-electron chi connectivity index (χ3n) is 6.25. The minimum atomic E-state index is -0.493. The first-order valence-electron chi connectivity index (χ1n) is 10.6. The Balaban J connectivity index is 1.31. The van der Waals surface area contributed by atoms with Crippen molar-refractivity contribution in [2.75, 3.05) is 5.32 Å². The lowest BCUT2D eigenvalue weighted by Crippen LogP contribution is -2.47. The number of aromatic nitrogens is 4. The molecule has 2 aliphatic rings. The molecule has 3 heterocycles. The van der Waals surface area contributed by atoms with E-state index in [1.165, 1.54) is 5.56 Å². The highest BCUT2D eigenvalue weighted by Gasteiger charge is 2.46. The third kappa shape index (κ3) is 3.52. The molecule has 3 N–H and O–H groups in total. The smallest absolute Gasteiger partial charge is 0.318 e. The number of aryl methyl sites for hydroxylation is 2. The summed E-state index contributed by atoms with van der Waals surface area (Å²) in [6, 6.07) is 12.4. The van der Waals surface area contributed by atoms with Crippen LogP contribution in [-0.2, 0) is 12.1 Å². The average Bonchev–Trinajstić information content (AvgIpc) is 3.27. The van der Waals surface area contributed by atoms with Crippen molar-refractivity contribution in [2.24, 2.45) is 0 Å². The van der Waals surface area contributed by atoms with E-state index >= 15 is 0 Å². The van der Waals surface area contributed by atoms with Gasteiger partial charge in [-0.25, -0.2) is 14.8 Å². The number of nitrogens with one attached hydrogen (secondary N) is 3. The van der Waals surface area contributed by atoms with Crippen molar-refractivity contribution >= 4 is 17.8 Å². The first-order valence-corrected chi connectivity index (χ1v) is 10.6. The number of benzene rings is 1. The topological polar surface area (TPSA) is 98.8 Å². The Morgan fingerprint density at radius 1 is 1.16 bits per heavy atom. The number of rotatable bonds is 4. The molecule has 1 fully saturated rings. The summed E-state index contributed by atoms with van der Waals surface area (Å²) >= 11 is 0. The Kier molecular flexibility index (Phi) is 4.46. The molecule has 1 aliphatic heterocycles. The number of H-pyrrole nitrogens is 1. The summed E-state index contributed by atoms with van der Waals surface area (Å²) in [5.74, 6) is 1.57. The molecule has 3 aromatic rings. The normalized spacial score (nSPS) is 21.0. The zero-order chi connectivity index (χ0) is 21.8. The van der Waals surface area contributed by atoms with Gasteiger partial charge in [0.15, 0.2) is 5.82 Å². The van der Waals surface area contributed by atoms with Gasteiger partial charge in [-0.1, -0.05) is 30.3 Å². The fourth-order valence-corrected chi connectivity index (χ4v) is 4.49. The Hall–Kier alpha value is -3.42. The summed E-state index contributed by atoms with van der Waals surface area (Å²) in [6.45, 7) is 8.42. The van der Waals surface area contributed by atoms with Crippen molar-refractivity contribution in [3.8, 4) is 0 Å². The largest absolute Gasteiger partial charge is 0.335 e. The molecule has 2 aromatic heterocycles. The van der Waals surface area contributed by atoms with Crippen molar-refractivity contribution in [3.05, 3.63) is 64.6 Å². The number of aromatic amines is 1. The highest BCUT2D eigenvalue weighted by atomic mass is 16.2. The lowest BCUT2D eigenvalue weighted by atomic mass is 10.0. The van der Waals surface area contributed by atoms with Crippen LogP contribution >= 0.6 is 0 Å². The minimum absolute atomic E-state index is 0.0494. The summed E-state index contributed by atoms with van der Waals surface area (Å²) in [4.78, 5) is 23.9.